The fourth-order valence-electron chi connectivity index (χ4n) is 0.118. The minimum atomic E-state index is -0.444. The van der Waals surface area contributed by atoms with E-state index < -0.39 is 10.0 Å². The van der Waals surface area contributed by atoms with Gasteiger partial charge in [-0.05, 0) is 0 Å². The molecule has 0 aliphatic rings. The van der Waals surface area contributed by atoms with E-state index in [-0.39, 0.29) is 0 Å². The highest BCUT2D eigenvalue weighted by atomic mass is 28.3. The Morgan fingerprint density at radius 1 is 1.29 bits per heavy atom. The first-order valence-corrected chi connectivity index (χ1v) is 4.63. The fourth-order valence-corrected chi connectivity index (χ4v) is 3.18. The van der Waals surface area contributed by atoms with Crippen LogP contribution in [0.5, 0.6) is 0 Å². The van der Waals surface area contributed by atoms with E-state index in [9.17, 15) is 0 Å². The maximum atomic E-state index is 7.00. The molecule has 0 aliphatic carbocycles. The molecule has 0 atom stereocenters. The summed E-state index contributed by atoms with van der Waals surface area (Å²) in [4.78, 5) is 0. The van der Waals surface area contributed by atoms with Gasteiger partial charge in [-0.3, -0.25) is 0 Å². The zero-order chi connectivity index (χ0) is 6.12. The summed E-state index contributed by atoms with van der Waals surface area (Å²) >= 11 is 0. The number of hydrogen-bond acceptors (Lipinski definition) is 3. The van der Waals surface area contributed by atoms with E-state index in [0.717, 1.165) is 28.1 Å². The molecule has 0 spiro atoms. The quantitative estimate of drug-likeness (QED) is 0.417. The van der Waals surface area contributed by atoms with Gasteiger partial charge in [0.2, 0.25) is 0 Å². The molecular weight excluding hydrogens is 144 g/mol. The van der Waals surface area contributed by atoms with Crippen molar-refractivity contribution < 1.29 is 13.3 Å². The van der Waals surface area contributed by atoms with Crippen molar-refractivity contribution in [1.29, 1.82) is 0 Å². The van der Waals surface area contributed by atoms with Crippen LogP contribution < -0.4 is 0 Å². The van der Waals surface area contributed by atoms with Gasteiger partial charge in [0.25, 0.3) is 10.0 Å². The average Bonchev–Trinajstić information content (AvgIpc) is 1.75. The zero-order valence-electron chi connectivity index (χ0n) is 4.97. The van der Waals surface area contributed by atoms with Crippen molar-refractivity contribution in [2.24, 2.45) is 0 Å². The molecule has 0 saturated heterocycles. The first kappa shape index (κ1) is 10.5. The predicted molar refractivity (Wildman–Crippen MR) is 38.7 cm³/mol. The third-order valence-electron chi connectivity index (χ3n) is 0.236. The maximum absolute atomic E-state index is 7.00. The smallest absolute Gasteiger partial charge is 0.282 e. The molecule has 3 nitrogen and oxygen atoms in total. The molecule has 0 fully saturated rings. The molecule has 0 heterocycles. The van der Waals surface area contributed by atoms with Crippen molar-refractivity contribution in [3.05, 3.63) is 0 Å². The summed E-state index contributed by atoms with van der Waals surface area (Å²) in [5.74, 6) is 0. The van der Waals surface area contributed by atoms with Gasteiger partial charge >= 0.3 is 0 Å². The van der Waals surface area contributed by atoms with Crippen LogP contribution in [0.4, 0.5) is 0 Å². The first-order valence-electron chi connectivity index (χ1n) is 1.84. The number of aliphatic hydroxyl groups is 1. The van der Waals surface area contributed by atoms with Crippen molar-refractivity contribution in [3.63, 3.8) is 0 Å². The van der Waals surface area contributed by atoms with E-state index in [2.05, 4.69) is 0 Å². The second kappa shape index (κ2) is 16.0. The van der Waals surface area contributed by atoms with E-state index >= 15 is 0 Å². The lowest BCUT2D eigenvalue weighted by Gasteiger charge is -1.87. The van der Waals surface area contributed by atoms with Gasteiger partial charge in [0.15, 0.2) is 0 Å². The van der Waals surface area contributed by atoms with Gasteiger partial charge in [-0.25, -0.2) is 0 Å². The lowest BCUT2D eigenvalue weighted by molar-refractivity contribution is 0.399. The van der Waals surface area contributed by atoms with Crippen LogP contribution in [-0.4, -0.2) is 43.2 Å². The Balaban J connectivity index is 0. The van der Waals surface area contributed by atoms with Gasteiger partial charge in [0.1, 0.15) is 21.0 Å². The Morgan fingerprint density at radius 2 is 1.57 bits per heavy atom. The molecule has 0 aromatic carbocycles. The summed E-state index contributed by atoms with van der Waals surface area (Å²) in [6.07, 6.45) is 0. The Morgan fingerprint density at radius 3 is 1.57 bits per heavy atom. The molecule has 6 heteroatoms. The van der Waals surface area contributed by atoms with E-state index in [4.69, 9.17) is 13.3 Å². The van der Waals surface area contributed by atoms with Crippen LogP contribution in [0.3, 0.4) is 0 Å². The van der Waals surface area contributed by atoms with Gasteiger partial charge in [-0.15, -0.1) is 0 Å². The highest BCUT2D eigenvalue weighted by molar-refractivity contribution is 6.33. The molecule has 0 rings (SSSR count). The number of hydrogen-bond donors (Lipinski definition) is 1. The van der Waals surface area contributed by atoms with Crippen molar-refractivity contribution >= 4 is 31.0 Å². The fraction of sp³-hybridized carbons (Fsp3) is 1.00. The van der Waals surface area contributed by atoms with Crippen LogP contribution in [-0.2, 0) is 8.23 Å². The molecule has 0 amide bonds. The Labute approximate surface area is 52.2 Å². The van der Waals surface area contributed by atoms with Crippen LogP contribution >= 0.6 is 0 Å². The molecule has 46 valence electrons. The highest BCUT2D eigenvalue weighted by Crippen LogP contribution is 1.52. The first-order chi connectivity index (χ1) is 3.41. The third kappa shape index (κ3) is 20.9. The van der Waals surface area contributed by atoms with Crippen LogP contribution in [0.2, 0.25) is 0 Å². The summed E-state index contributed by atoms with van der Waals surface area (Å²) in [5.41, 5.74) is 0. The molecule has 0 unspecified atom stereocenters. The van der Waals surface area contributed by atoms with Crippen molar-refractivity contribution in [1.82, 2.24) is 0 Å². The topological polar surface area (TPSA) is 38.7 Å². The SMILES string of the molecule is CO.[SiH3]O[SiH2]O[SiH3]. The lowest BCUT2D eigenvalue weighted by atomic mass is 11.8. The van der Waals surface area contributed by atoms with E-state index in [1.54, 1.807) is 0 Å². The third-order valence-corrected chi connectivity index (χ3v) is 2.12. The molecular formula is CH12O3Si3. The molecule has 1 N–H and O–H groups in total. The Kier molecular flexibility index (Phi) is 24.0. The minimum Gasteiger partial charge on any atom is -0.449 e. The molecule has 7 heavy (non-hydrogen) atoms. The monoisotopic (exact) mass is 156 g/mol. The summed E-state index contributed by atoms with van der Waals surface area (Å²) in [6, 6.07) is 0. The zero-order valence-corrected chi connectivity index (χ0v) is 10.4. The van der Waals surface area contributed by atoms with E-state index in [1.165, 1.54) is 0 Å². The van der Waals surface area contributed by atoms with Crippen LogP contribution in [0.25, 0.3) is 0 Å². The molecule has 0 aromatic rings. The van der Waals surface area contributed by atoms with Gasteiger partial charge < -0.3 is 13.3 Å². The Hall–Kier alpha value is 0.531. The second-order valence-electron chi connectivity index (χ2n) is 0.695. The van der Waals surface area contributed by atoms with Gasteiger partial charge in [-0.1, -0.05) is 0 Å². The Bertz CT molecular complexity index is 17.7. The second-order valence-corrected chi connectivity index (χ2v) is 5.55. The molecule has 0 aliphatic heterocycles. The largest absolute Gasteiger partial charge is 0.449 e. The lowest BCUT2D eigenvalue weighted by Crippen LogP contribution is -1.96. The standard InChI is InChI=1S/CH4O.H8O2Si3/c1-2;3-1-5-2-4/h2H,1H3;5H2,3-4H3. The molecule has 0 bridgehead atoms. The summed E-state index contributed by atoms with van der Waals surface area (Å²) in [7, 11) is 2.27. The van der Waals surface area contributed by atoms with Crippen LogP contribution in [0.1, 0.15) is 0 Å². The number of rotatable bonds is 2. The van der Waals surface area contributed by atoms with Gasteiger partial charge in [0.05, 0.1) is 0 Å². The summed E-state index contributed by atoms with van der Waals surface area (Å²) < 4.78 is 9.56. The average molecular weight is 156 g/mol. The predicted octanol–water partition coefficient (Wildman–Crippen LogP) is -3.81. The van der Waals surface area contributed by atoms with Gasteiger partial charge in [-0.2, -0.15) is 0 Å². The maximum Gasteiger partial charge on any atom is 0.282 e. The molecule has 0 radical (unpaired) electrons. The normalized spacial score (nSPS) is 9.43. The minimum absolute atomic E-state index is 0.444. The van der Waals surface area contributed by atoms with Crippen LogP contribution in [0, 0.1) is 0 Å². The van der Waals surface area contributed by atoms with Crippen molar-refractivity contribution in [3.8, 4) is 0 Å². The van der Waals surface area contributed by atoms with E-state index in [1.807, 2.05) is 0 Å². The van der Waals surface area contributed by atoms with Crippen molar-refractivity contribution in [2.75, 3.05) is 7.11 Å². The number of aliphatic hydroxyl groups excluding tert-OH is 1. The molecule has 0 aromatic heterocycles. The van der Waals surface area contributed by atoms with Crippen molar-refractivity contribution in [2.45, 2.75) is 0 Å². The van der Waals surface area contributed by atoms with E-state index in [0.29, 0.717) is 0 Å². The molecule has 0 saturated carbocycles. The van der Waals surface area contributed by atoms with Crippen LogP contribution in [0.15, 0.2) is 0 Å². The summed E-state index contributed by atoms with van der Waals surface area (Å²) in [5, 5.41) is 7.00. The highest BCUT2D eigenvalue weighted by Gasteiger charge is 1.66. The van der Waals surface area contributed by atoms with Gasteiger partial charge in [0, 0.05) is 7.11 Å². The summed E-state index contributed by atoms with van der Waals surface area (Å²) in [6.45, 7) is 0.